The number of carbonyl (C=O) groups excluding carboxylic acids is 1. The van der Waals surface area contributed by atoms with Crippen molar-refractivity contribution in [2.24, 2.45) is 0 Å². The molecule has 0 aliphatic carbocycles. The summed E-state index contributed by atoms with van der Waals surface area (Å²) in [4.78, 5) is 33.4. The van der Waals surface area contributed by atoms with Gasteiger partial charge < -0.3 is 14.1 Å². The Kier molecular flexibility index (Phi) is 8.04. The molecule has 12 heteroatoms. The van der Waals surface area contributed by atoms with Gasteiger partial charge in [-0.3, -0.25) is 4.79 Å². The first-order valence-electron chi connectivity index (χ1n) is 13.0. The summed E-state index contributed by atoms with van der Waals surface area (Å²) < 4.78 is 26.9. The molecule has 0 saturated carbocycles. The van der Waals surface area contributed by atoms with Crippen LogP contribution in [0.25, 0.3) is 22.2 Å². The van der Waals surface area contributed by atoms with Crippen LogP contribution in [0, 0.1) is 5.82 Å². The summed E-state index contributed by atoms with van der Waals surface area (Å²) in [5.74, 6) is -0.215. The van der Waals surface area contributed by atoms with E-state index < -0.39 is 14.1 Å². The quantitative estimate of drug-likeness (QED) is 0.175. The van der Waals surface area contributed by atoms with Gasteiger partial charge in [-0.25, -0.2) is 24.3 Å². The highest BCUT2D eigenvalue weighted by Crippen LogP contribution is 2.37. The minimum Gasteiger partial charge on any atom is -0.411 e. The average Bonchev–Trinajstić information content (AvgIpc) is 3.40. The average molecular weight is 600 g/mol. The molecule has 210 valence electrons. The normalized spacial score (nSPS) is 14.6. The van der Waals surface area contributed by atoms with Crippen molar-refractivity contribution >= 4 is 53.8 Å². The van der Waals surface area contributed by atoms with Crippen LogP contribution in [0.5, 0.6) is 0 Å². The molecule has 1 aliphatic rings. The molecule has 0 unspecified atom stereocenters. The van der Waals surface area contributed by atoms with Crippen molar-refractivity contribution in [3.63, 3.8) is 0 Å². The number of anilines is 1. The molecule has 1 saturated heterocycles. The number of thiazole rings is 1. The molecule has 0 spiro atoms. The monoisotopic (exact) mass is 599 g/mol. The fourth-order valence-electron chi connectivity index (χ4n) is 4.09. The number of hydrogen-bond donors (Lipinski definition) is 0. The molecule has 1 aromatic carbocycles. The molecule has 4 aromatic rings. The maximum Gasteiger partial charge on any atom is 0.223 e. The lowest BCUT2D eigenvalue weighted by molar-refractivity contribution is 0.103. The van der Waals surface area contributed by atoms with E-state index in [0.717, 1.165) is 25.0 Å². The van der Waals surface area contributed by atoms with Crippen molar-refractivity contribution < 1.29 is 18.3 Å². The lowest BCUT2D eigenvalue weighted by atomic mass is 10.0. The SMILES string of the molecule is CC(C)(C)[Si](C)(C)OCc1csc(C(=O)c2cc(-c3ncnc4cc(N5CCOCC5)ncc34)c(F)cc2Cl)n1. The Hall–Kier alpha value is -2.83. The van der Waals surface area contributed by atoms with Crippen LogP contribution in [-0.2, 0) is 15.8 Å². The smallest absolute Gasteiger partial charge is 0.223 e. The van der Waals surface area contributed by atoms with E-state index in [0.29, 0.717) is 42.1 Å². The fraction of sp³-hybridized carbons (Fsp3) is 0.393. The van der Waals surface area contributed by atoms with Gasteiger partial charge in [-0.15, -0.1) is 11.3 Å². The number of aromatic nitrogens is 4. The number of ketones is 1. The molecule has 8 nitrogen and oxygen atoms in total. The molecule has 1 fully saturated rings. The van der Waals surface area contributed by atoms with Gasteiger partial charge in [0.15, 0.2) is 13.3 Å². The van der Waals surface area contributed by atoms with Gasteiger partial charge in [0.25, 0.3) is 0 Å². The number of pyridine rings is 1. The molecular weight excluding hydrogens is 569 g/mol. The highest BCUT2D eigenvalue weighted by Gasteiger charge is 2.37. The summed E-state index contributed by atoms with van der Waals surface area (Å²) in [6, 6.07) is 4.43. The van der Waals surface area contributed by atoms with Gasteiger partial charge in [-0.1, -0.05) is 32.4 Å². The Morgan fingerprint density at radius 1 is 1.18 bits per heavy atom. The zero-order valence-corrected chi connectivity index (χ0v) is 25.7. The van der Waals surface area contributed by atoms with E-state index >= 15 is 4.39 Å². The fourth-order valence-corrected chi connectivity index (χ4v) is 6.02. The number of ether oxygens (including phenoxy) is 1. The number of rotatable bonds is 7. The number of halogens is 2. The van der Waals surface area contributed by atoms with Gasteiger partial charge in [-0.05, 0) is 30.3 Å². The first-order chi connectivity index (χ1) is 18.9. The first kappa shape index (κ1) is 28.7. The Bertz CT molecular complexity index is 1570. The van der Waals surface area contributed by atoms with E-state index in [-0.39, 0.29) is 32.0 Å². The van der Waals surface area contributed by atoms with E-state index in [1.165, 1.54) is 23.7 Å². The second-order valence-electron chi connectivity index (χ2n) is 11.2. The van der Waals surface area contributed by atoms with Crippen LogP contribution in [-0.4, -0.2) is 60.3 Å². The van der Waals surface area contributed by atoms with Crippen LogP contribution in [0.4, 0.5) is 10.2 Å². The minimum atomic E-state index is -1.97. The number of morpholine rings is 1. The number of carbonyl (C=O) groups is 1. The van der Waals surface area contributed by atoms with Crippen molar-refractivity contribution in [1.82, 2.24) is 19.9 Å². The molecule has 3 aromatic heterocycles. The Balaban J connectivity index is 1.44. The lowest BCUT2D eigenvalue weighted by Crippen LogP contribution is -2.40. The summed E-state index contributed by atoms with van der Waals surface area (Å²) in [5, 5.41) is 2.71. The topological polar surface area (TPSA) is 90.3 Å². The van der Waals surface area contributed by atoms with E-state index in [1.54, 1.807) is 6.20 Å². The third kappa shape index (κ3) is 5.80. The largest absolute Gasteiger partial charge is 0.411 e. The Morgan fingerprint density at radius 3 is 2.65 bits per heavy atom. The number of nitrogens with zero attached hydrogens (tertiary/aromatic N) is 5. The summed E-state index contributed by atoms with van der Waals surface area (Å²) in [6.07, 6.45) is 3.02. The van der Waals surface area contributed by atoms with Gasteiger partial charge in [0.1, 0.15) is 18.0 Å². The number of hydrogen-bond acceptors (Lipinski definition) is 9. The van der Waals surface area contributed by atoms with Crippen LogP contribution >= 0.6 is 22.9 Å². The zero-order chi connectivity index (χ0) is 28.7. The first-order valence-corrected chi connectivity index (χ1v) is 17.2. The molecule has 1 aliphatic heterocycles. The Labute approximate surface area is 242 Å². The summed E-state index contributed by atoms with van der Waals surface area (Å²) in [5.41, 5.74) is 1.92. The van der Waals surface area contributed by atoms with E-state index in [9.17, 15) is 4.79 Å². The van der Waals surface area contributed by atoms with Crippen LogP contribution in [0.3, 0.4) is 0 Å². The Morgan fingerprint density at radius 2 is 1.93 bits per heavy atom. The standard InChI is InChI=1S/C28H31ClFN5O3SSi/c1-28(2,3)40(4,5)38-14-17-15-39-27(34-17)26(36)18-10-19(22(30)11-21(18)29)25-20-13-31-24(12-23(20)32-16-33-25)35-6-8-37-9-7-35/h10-13,15-16H,6-9,14H2,1-5H3. The third-order valence-corrected chi connectivity index (χ3v) is 13.2. The van der Waals surface area contributed by atoms with Gasteiger partial charge in [-0.2, -0.15) is 0 Å². The van der Waals surface area contributed by atoms with Gasteiger partial charge in [0, 0.05) is 47.2 Å². The maximum absolute atomic E-state index is 15.3. The molecule has 0 bridgehead atoms. The van der Waals surface area contributed by atoms with Crippen LogP contribution in [0.1, 0.15) is 41.8 Å². The van der Waals surface area contributed by atoms with Crippen molar-refractivity contribution in [2.75, 3.05) is 31.2 Å². The maximum atomic E-state index is 15.3. The molecule has 4 heterocycles. The summed E-state index contributed by atoms with van der Waals surface area (Å²) in [7, 11) is -1.97. The molecule has 0 N–H and O–H groups in total. The lowest BCUT2D eigenvalue weighted by Gasteiger charge is -2.35. The highest BCUT2D eigenvalue weighted by molar-refractivity contribution is 7.12. The second kappa shape index (κ2) is 11.2. The van der Waals surface area contributed by atoms with Crippen LogP contribution < -0.4 is 4.90 Å². The van der Waals surface area contributed by atoms with Crippen molar-refractivity contribution in [2.45, 2.75) is 45.5 Å². The van der Waals surface area contributed by atoms with Gasteiger partial charge >= 0.3 is 0 Å². The minimum absolute atomic E-state index is 0.00612. The predicted molar refractivity (Wildman–Crippen MR) is 158 cm³/mol. The van der Waals surface area contributed by atoms with E-state index in [1.807, 2.05) is 11.4 Å². The summed E-state index contributed by atoms with van der Waals surface area (Å²) >= 11 is 7.59. The predicted octanol–water partition coefficient (Wildman–Crippen LogP) is 6.53. The molecular formula is C28H31ClFN5O3SSi. The molecule has 0 amide bonds. The number of fused-ring (bicyclic) bond motifs is 1. The van der Waals surface area contributed by atoms with E-state index in [4.69, 9.17) is 20.8 Å². The van der Waals surface area contributed by atoms with Crippen molar-refractivity contribution in [3.05, 3.63) is 63.2 Å². The molecule has 5 rings (SSSR count). The zero-order valence-electron chi connectivity index (χ0n) is 23.1. The van der Waals surface area contributed by atoms with Crippen LogP contribution in [0.15, 0.2) is 36.1 Å². The second-order valence-corrected chi connectivity index (χ2v) is 17.3. The van der Waals surface area contributed by atoms with Crippen LogP contribution in [0.2, 0.25) is 23.2 Å². The highest BCUT2D eigenvalue weighted by atomic mass is 35.5. The number of benzene rings is 1. The molecule has 40 heavy (non-hydrogen) atoms. The van der Waals surface area contributed by atoms with E-state index in [2.05, 4.69) is 58.7 Å². The van der Waals surface area contributed by atoms with Crippen molar-refractivity contribution in [1.29, 1.82) is 0 Å². The van der Waals surface area contributed by atoms with Crippen molar-refractivity contribution in [3.8, 4) is 11.3 Å². The summed E-state index contributed by atoms with van der Waals surface area (Å²) in [6.45, 7) is 13.9. The van der Waals surface area contributed by atoms with Gasteiger partial charge in [0.2, 0.25) is 5.78 Å². The molecule has 0 atom stereocenters. The molecule has 0 radical (unpaired) electrons. The third-order valence-electron chi connectivity index (χ3n) is 7.53. The van der Waals surface area contributed by atoms with Gasteiger partial charge in [0.05, 0.1) is 41.7 Å².